The maximum Gasteiger partial charge on any atom is 0.216 e. The molecule has 0 radical (unpaired) electrons. The minimum atomic E-state index is 0.161. The van der Waals surface area contributed by atoms with E-state index in [0.29, 0.717) is 5.92 Å². The van der Waals surface area contributed by atoms with Crippen LogP contribution in [0.2, 0.25) is 0 Å². The Morgan fingerprint density at radius 3 is 2.25 bits per heavy atom. The third-order valence-corrected chi connectivity index (χ3v) is 9.10. The van der Waals surface area contributed by atoms with Crippen LogP contribution in [0, 0.1) is 13.8 Å². The molecule has 5 aromatic rings. The van der Waals surface area contributed by atoms with Gasteiger partial charge in [-0.1, -0.05) is 75.2 Å². The molecule has 1 saturated carbocycles. The molecule has 36 heavy (non-hydrogen) atoms. The maximum atomic E-state index is 6.98. The number of rotatable bonds is 2. The number of hydrogen-bond acceptors (Lipinski definition) is 1. The quantitative estimate of drug-likeness (QED) is 0.235. The lowest BCUT2D eigenvalue weighted by Crippen LogP contribution is -2.32. The van der Waals surface area contributed by atoms with Crippen LogP contribution in [0.3, 0.4) is 0 Å². The second kappa shape index (κ2) is 7.56. The van der Waals surface area contributed by atoms with Crippen molar-refractivity contribution in [3.05, 3.63) is 88.6 Å². The third-order valence-electron chi connectivity index (χ3n) is 9.10. The molecule has 2 nitrogen and oxygen atoms in total. The van der Waals surface area contributed by atoms with Gasteiger partial charge in [0.1, 0.15) is 18.2 Å². The van der Waals surface area contributed by atoms with Gasteiger partial charge in [-0.15, -0.1) is 0 Å². The summed E-state index contributed by atoms with van der Waals surface area (Å²) in [5, 5.41) is 2.44. The van der Waals surface area contributed by atoms with E-state index in [4.69, 9.17) is 4.42 Å². The van der Waals surface area contributed by atoms with E-state index in [0.717, 1.165) is 11.2 Å². The van der Waals surface area contributed by atoms with Crippen LogP contribution in [-0.4, -0.2) is 0 Å². The Morgan fingerprint density at radius 2 is 1.50 bits per heavy atom. The summed E-state index contributed by atoms with van der Waals surface area (Å²) in [6.07, 6.45) is 7.39. The van der Waals surface area contributed by atoms with Crippen LogP contribution < -0.4 is 4.57 Å². The molecular formula is C34H34NO+. The third kappa shape index (κ3) is 2.76. The van der Waals surface area contributed by atoms with Gasteiger partial charge in [0, 0.05) is 33.4 Å². The predicted octanol–water partition coefficient (Wildman–Crippen LogP) is 8.66. The van der Waals surface area contributed by atoms with Crippen molar-refractivity contribution in [1.29, 1.82) is 0 Å². The van der Waals surface area contributed by atoms with E-state index in [1.54, 1.807) is 0 Å². The lowest BCUT2D eigenvalue weighted by Gasteiger charge is -2.26. The molecule has 0 saturated heterocycles. The highest BCUT2D eigenvalue weighted by atomic mass is 16.3. The van der Waals surface area contributed by atoms with E-state index in [1.165, 1.54) is 86.7 Å². The van der Waals surface area contributed by atoms with Gasteiger partial charge in [0.25, 0.3) is 0 Å². The first-order chi connectivity index (χ1) is 17.4. The van der Waals surface area contributed by atoms with Gasteiger partial charge in [-0.3, -0.25) is 0 Å². The minimum absolute atomic E-state index is 0.161. The maximum absolute atomic E-state index is 6.98. The average molecular weight is 473 g/mol. The fourth-order valence-corrected chi connectivity index (χ4v) is 7.39. The molecule has 2 aliphatic carbocycles. The highest BCUT2D eigenvalue weighted by Crippen LogP contribution is 2.59. The normalized spacial score (nSPS) is 15.9. The highest BCUT2D eigenvalue weighted by Gasteiger charge is 2.46. The van der Waals surface area contributed by atoms with Crippen molar-refractivity contribution in [2.75, 3.05) is 0 Å². The molecule has 2 heterocycles. The van der Waals surface area contributed by atoms with Crippen LogP contribution in [0.1, 0.15) is 73.3 Å². The molecule has 180 valence electrons. The monoisotopic (exact) mass is 472 g/mol. The van der Waals surface area contributed by atoms with Crippen molar-refractivity contribution in [2.45, 2.75) is 64.7 Å². The van der Waals surface area contributed by atoms with Crippen molar-refractivity contribution < 1.29 is 8.98 Å². The van der Waals surface area contributed by atoms with Crippen LogP contribution >= 0.6 is 0 Å². The molecule has 2 aliphatic rings. The molecule has 2 aromatic heterocycles. The van der Waals surface area contributed by atoms with E-state index in [9.17, 15) is 0 Å². The van der Waals surface area contributed by atoms with Gasteiger partial charge in [0.2, 0.25) is 5.69 Å². The molecule has 0 bridgehead atoms. The van der Waals surface area contributed by atoms with Gasteiger partial charge < -0.3 is 4.42 Å². The number of pyridine rings is 1. The van der Waals surface area contributed by atoms with E-state index >= 15 is 0 Å². The standard InChI is InChI=1S/C34H34NO/c1-20(2)26-19-35(5)29(18-22(26)4)30-21(3)12-13-23-24-14-15-28-31(33(24)36-32(23)30)25-10-6-7-11-27(25)34(28)16-8-9-17-34/h6-7,10-15,18-20H,8-9,16-17H2,1-5H3/q+1. The van der Waals surface area contributed by atoms with Crippen molar-refractivity contribution in [1.82, 2.24) is 0 Å². The zero-order valence-corrected chi connectivity index (χ0v) is 22.0. The van der Waals surface area contributed by atoms with Gasteiger partial charge in [0.15, 0.2) is 6.20 Å². The Labute approximate surface area is 213 Å². The summed E-state index contributed by atoms with van der Waals surface area (Å²) in [6, 6.07) is 20.7. The number of benzene rings is 3. The smallest absolute Gasteiger partial charge is 0.216 e. The van der Waals surface area contributed by atoms with Crippen LogP contribution in [0.25, 0.3) is 44.3 Å². The van der Waals surface area contributed by atoms with Crippen LogP contribution in [0.4, 0.5) is 0 Å². The highest BCUT2D eigenvalue weighted by molar-refractivity contribution is 6.14. The largest absolute Gasteiger partial charge is 0.454 e. The fraction of sp³-hybridized carbons (Fsp3) is 0.324. The molecule has 0 aliphatic heterocycles. The number of aromatic nitrogens is 1. The van der Waals surface area contributed by atoms with Gasteiger partial charge in [-0.25, -0.2) is 4.57 Å². The topological polar surface area (TPSA) is 17.0 Å². The summed E-state index contributed by atoms with van der Waals surface area (Å²) in [6.45, 7) is 8.98. The fourth-order valence-electron chi connectivity index (χ4n) is 7.39. The zero-order valence-electron chi connectivity index (χ0n) is 22.0. The Hall–Kier alpha value is -3.39. The second-order valence-electron chi connectivity index (χ2n) is 11.5. The van der Waals surface area contributed by atoms with Crippen molar-refractivity contribution in [3.63, 3.8) is 0 Å². The summed E-state index contributed by atoms with van der Waals surface area (Å²) < 4.78 is 9.26. The Kier molecular flexibility index (Phi) is 4.59. The molecule has 0 unspecified atom stereocenters. The van der Waals surface area contributed by atoms with Crippen LogP contribution in [-0.2, 0) is 12.5 Å². The SMILES string of the molecule is Cc1cc(-c2c(C)ccc3c2oc2c4c(ccc23)C2(CCCC2)c2ccccc2-4)[n+](C)cc1C(C)C. The molecule has 7 rings (SSSR count). The first-order valence-corrected chi connectivity index (χ1v) is 13.5. The Morgan fingerprint density at radius 1 is 0.806 bits per heavy atom. The zero-order chi connectivity index (χ0) is 24.8. The minimum Gasteiger partial charge on any atom is -0.454 e. The van der Waals surface area contributed by atoms with Gasteiger partial charge >= 0.3 is 0 Å². The molecular weight excluding hydrogens is 438 g/mol. The van der Waals surface area contributed by atoms with E-state index in [1.807, 2.05) is 0 Å². The van der Waals surface area contributed by atoms with E-state index in [2.05, 4.69) is 100 Å². The molecule has 3 aromatic carbocycles. The first-order valence-electron chi connectivity index (χ1n) is 13.5. The van der Waals surface area contributed by atoms with Crippen molar-refractivity contribution in [3.8, 4) is 22.4 Å². The molecule has 0 amide bonds. The Bertz CT molecular complexity index is 1690. The lowest BCUT2D eigenvalue weighted by atomic mass is 9.77. The average Bonchev–Trinajstić information content (AvgIpc) is 3.56. The number of hydrogen-bond donors (Lipinski definition) is 0. The predicted molar refractivity (Wildman–Crippen MR) is 149 cm³/mol. The number of fused-ring (bicyclic) bond motifs is 9. The second-order valence-corrected chi connectivity index (χ2v) is 11.5. The van der Waals surface area contributed by atoms with Crippen LogP contribution in [0.5, 0.6) is 0 Å². The first kappa shape index (κ1) is 21.9. The summed E-state index contributed by atoms with van der Waals surface area (Å²) >= 11 is 0. The summed E-state index contributed by atoms with van der Waals surface area (Å²) in [5.41, 5.74) is 14.3. The number of aryl methyl sites for hydroxylation is 3. The van der Waals surface area contributed by atoms with E-state index < -0.39 is 0 Å². The van der Waals surface area contributed by atoms with Crippen molar-refractivity contribution >= 4 is 21.9 Å². The summed E-state index contributed by atoms with van der Waals surface area (Å²) in [4.78, 5) is 0. The molecule has 1 spiro atoms. The molecule has 1 fully saturated rings. The van der Waals surface area contributed by atoms with Gasteiger partial charge in [-0.2, -0.15) is 0 Å². The molecule has 0 N–H and O–H groups in total. The Balaban J connectivity index is 1.55. The van der Waals surface area contributed by atoms with Gasteiger partial charge in [0.05, 0.1) is 5.56 Å². The van der Waals surface area contributed by atoms with Gasteiger partial charge in [-0.05, 0) is 60.4 Å². The number of nitrogens with zero attached hydrogens (tertiary/aromatic N) is 1. The molecule has 2 heteroatoms. The molecule has 0 atom stereocenters. The van der Waals surface area contributed by atoms with E-state index in [-0.39, 0.29) is 5.41 Å². The lowest BCUT2D eigenvalue weighted by molar-refractivity contribution is -0.660. The number of furan rings is 1. The summed E-state index contributed by atoms with van der Waals surface area (Å²) in [5.74, 6) is 0.499. The summed E-state index contributed by atoms with van der Waals surface area (Å²) in [7, 11) is 2.17. The van der Waals surface area contributed by atoms with Crippen molar-refractivity contribution in [2.24, 2.45) is 7.05 Å². The van der Waals surface area contributed by atoms with Crippen LogP contribution in [0.15, 0.2) is 65.2 Å².